The van der Waals surface area contributed by atoms with Gasteiger partial charge in [0, 0.05) is 11.6 Å². The number of nitro benzene ring substituents is 1. The fraction of sp³-hybridized carbons (Fsp3) is 0.429. The maximum atomic E-state index is 12.0. The summed E-state index contributed by atoms with van der Waals surface area (Å²) < 4.78 is 24.1. The van der Waals surface area contributed by atoms with Crippen LogP contribution in [-0.4, -0.2) is 23.8 Å². The molecule has 20 heavy (non-hydrogen) atoms. The minimum absolute atomic E-state index is 0.0872. The van der Waals surface area contributed by atoms with Crippen molar-refractivity contribution in [2.24, 2.45) is 0 Å². The number of rotatable bonds is 2. The lowest BCUT2D eigenvalue weighted by atomic mass is 9.99. The number of hydrogen-bond donors (Lipinski definition) is 0. The summed E-state index contributed by atoms with van der Waals surface area (Å²) in [6.07, 6.45) is 3.62. The Morgan fingerprint density at radius 3 is 2.70 bits per heavy atom. The normalized spacial score (nSPS) is 27.1. The predicted molar refractivity (Wildman–Crippen MR) is 76.2 cm³/mol. The third-order valence-electron chi connectivity index (χ3n) is 4.27. The average molecular weight is 293 g/mol. The van der Waals surface area contributed by atoms with Gasteiger partial charge in [-0.2, -0.15) is 0 Å². The Bertz CT molecular complexity index is 721. The van der Waals surface area contributed by atoms with Gasteiger partial charge in [0.25, 0.3) is 5.69 Å². The SMILES string of the molecule is Cc1ccc(C2=CC3CCC(C2)S3(=O)=O)cc1[N+](=O)[O-]. The summed E-state index contributed by atoms with van der Waals surface area (Å²) in [4.78, 5) is 10.6. The minimum Gasteiger partial charge on any atom is -0.258 e. The van der Waals surface area contributed by atoms with E-state index in [1.54, 1.807) is 25.1 Å². The molecule has 2 bridgehead atoms. The first-order valence-corrected chi connectivity index (χ1v) is 8.19. The standard InChI is InChI=1S/C14H15NO4S/c1-9-2-3-10(8-14(9)15(16)17)11-6-12-4-5-13(7-11)20(12,18)19/h2-3,6,8,12-13H,4-5,7H2,1H3. The fourth-order valence-electron chi connectivity index (χ4n) is 3.08. The molecule has 0 aliphatic carbocycles. The smallest absolute Gasteiger partial charge is 0.258 e. The molecule has 0 N–H and O–H groups in total. The number of sulfone groups is 1. The third kappa shape index (κ3) is 1.95. The summed E-state index contributed by atoms with van der Waals surface area (Å²) in [5.74, 6) is 0. The molecule has 1 aromatic rings. The van der Waals surface area contributed by atoms with Crippen LogP contribution in [0.2, 0.25) is 0 Å². The van der Waals surface area contributed by atoms with E-state index in [9.17, 15) is 18.5 Å². The Kier molecular flexibility index (Phi) is 2.93. The van der Waals surface area contributed by atoms with Gasteiger partial charge in [-0.1, -0.05) is 18.2 Å². The summed E-state index contributed by atoms with van der Waals surface area (Å²) in [6.45, 7) is 1.70. The number of hydrogen-bond acceptors (Lipinski definition) is 4. The van der Waals surface area contributed by atoms with Gasteiger partial charge in [0.1, 0.15) is 0 Å². The number of fused-ring (bicyclic) bond motifs is 2. The van der Waals surface area contributed by atoms with Crippen LogP contribution in [0.25, 0.3) is 5.57 Å². The van der Waals surface area contributed by atoms with Crippen molar-refractivity contribution in [3.05, 3.63) is 45.5 Å². The highest BCUT2D eigenvalue weighted by Crippen LogP contribution is 2.41. The van der Waals surface area contributed by atoms with Gasteiger partial charge < -0.3 is 0 Å². The van der Waals surface area contributed by atoms with E-state index in [1.807, 2.05) is 6.07 Å². The van der Waals surface area contributed by atoms with Crippen molar-refractivity contribution < 1.29 is 13.3 Å². The van der Waals surface area contributed by atoms with Crippen LogP contribution in [0.4, 0.5) is 5.69 Å². The van der Waals surface area contributed by atoms with Crippen LogP contribution in [0, 0.1) is 17.0 Å². The largest absolute Gasteiger partial charge is 0.272 e. The predicted octanol–water partition coefficient (Wildman–Crippen LogP) is 2.64. The zero-order valence-electron chi connectivity index (χ0n) is 11.1. The molecule has 1 aromatic carbocycles. The maximum Gasteiger partial charge on any atom is 0.272 e. The lowest BCUT2D eigenvalue weighted by Crippen LogP contribution is -2.26. The van der Waals surface area contributed by atoms with E-state index in [-0.39, 0.29) is 10.9 Å². The molecule has 0 amide bonds. The first-order chi connectivity index (χ1) is 9.39. The second-order valence-corrected chi connectivity index (χ2v) is 7.93. The fourth-order valence-corrected chi connectivity index (χ4v) is 5.27. The van der Waals surface area contributed by atoms with Crippen LogP contribution < -0.4 is 0 Å². The van der Waals surface area contributed by atoms with Crippen LogP contribution in [0.5, 0.6) is 0 Å². The molecule has 0 radical (unpaired) electrons. The molecule has 0 spiro atoms. The molecule has 0 saturated carbocycles. The Morgan fingerprint density at radius 2 is 2.05 bits per heavy atom. The van der Waals surface area contributed by atoms with E-state index >= 15 is 0 Å². The zero-order chi connectivity index (χ0) is 14.5. The molecule has 2 aliphatic rings. The van der Waals surface area contributed by atoms with Crippen molar-refractivity contribution in [1.82, 2.24) is 0 Å². The van der Waals surface area contributed by atoms with Crippen molar-refractivity contribution in [2.75, 3.05) is 0 Å². The Hall–Kier alpha value is -1.69. The molecule has 6 heteroatoms. The van der Waals surface area contributed by atoms with Gasteiger partial charge in [-0.05, 0) is 37.3 Å². The molecule has 1 fully saturated rings. The summed E-state index contributed by atoms with van der Waals surface area (Å²) in [5.41, 5.74) is 2.40. The highest BCUT2D eigenvalue weighted by atomic mass is 32.2. The van der Waals surface area contributed by atoms with E-state index in [0.29, 0.717) is 24.8 Å². The number of nitro groups is 1. The third-order valence-corrected chi connectivity index (χ3v) is 6.82. The molecule has 106 valence electrons. The average Bonchev–Trinajstić information content (AvgIpc) is 2.57. The van der Waals surface area contributed by atoms with Gasteiger partial charge in [0.15, 0.2) is 9.84 Å². The Balaban J connectivity index is 2.04. The van der Waals surface area contributed by atoms with E-state index in [0.717, 1.165) is 11.1 Å². The van der Waals surface area contributed by atoms with E-state index < -0.39 is 20.0 Å². The van der Waals surface area contributed by atoms with Crippen LogP contribution in [0.1, 0.15) is 30.4 Å². The Morgan fingerprint density at radius 1 is 1.30 bits per heavy atom. The molecule has 2 aliphatic heterocycles. The molecular weight excluding hydrogens is 278 g/mol. The molecular formula is C14H15NO4S. The molecule has 3 rings (SSSR count). The summed E-state index contributed by atoms with van der Waals surface area (Å²) >= 11 is 0. The van der Waals surface area contributed by atoms with Crippen LogP contribution in [-0.2, 0) is 9.84 Å². The van der Waals surface area contributed by atoms with Crippen molar-refractivity contribution >= 4 is 21.1 Å². The summed E-state index contributed by atoms with van der Waals surface area (Å²) in [6, 6.07) is 5.11. The molecule has 2 atom stereocenters. The number of benzene rings is 1. The van der Waals surface area contributed by atoms with Crippen molar-refractivity contribution in [1.29, 1.82) is 0 Å². The van der Waals surface area contributed by atoms with Gasteiger partial charge in [-0.3, -0.25) is 10.1 Å². The van der Waals surface area contributed by atoms with Crippen molar-refractivity contribution in [3.8, 4) is 0 Å². The highest BCUT2D eigenvalue weighted by Gasteiger charge is 2.43. The lowest BCUT2D eigenvalue weighted by Gasteiger charge is -2.20. The van der Waals surface area contributed by atoms with Gasteiger partial charge in [-0.15, -0.1) is 0 Å². The van der Waals surface area contributed by atoms with E-state index in [2.05, 4.69) is 0 Å². The Labute approximate surface area is 117 Å². The van der Waals surface area contributed by atoms with Gasteiger partial charge in [-0.25, -0.2) is 8.42 Å². The van der Waals surface area contributed by atoms with Crippen molar-refractivity contribution in [3.63, 3.8) is 0 Å². The monoisotopic (exact) mass is 293 g/mol. The van der Waals surface area contributed by atoms with Crippen molar-refractivity contribution in [2.45, 2.75) is 36.7 Å². The van der Waals surface area contributed by atoms with Gasteiger partial charge in [0.05, 0.1) is 15.4 Å². The maximum absolute atomic E-state index is 12.0. The molecule has 5 nitrogen and oxygen atoms in total. The summed E-state index contributed by atoms with van der Waals surface area (Å²) in [5, 5.41) is 10.3. The molecule has 2 heterocycles. The lowest BCUT2D eigenvalue weighted by molar-refractivity contribution is -0.385. The summed E-state index contributed by atoms with van der Waals surface area (Å²) in [7, 11) is -3.01. The van der Waals surface area contributed by atoms with Gasteiger partial charge >= 0.3 is 0 Å². The van der Waals surface area contributed by atoms with Gasteiger partial charge in [0.2, 0.25) is 0 Å². The molecule has 1 saturated heterocycles. The second kappa shape index (κ2) is 4.41. The molecule has 0 aromatic heterocycles. The molecule has 2 unspecified atom stereocenters. The zero-order valence-corrected chi connectivity index (χ0v) is 11.9. The van der Waals surface area contributed by atoms with Crippen LogP contribution in [0.3, 0.4) is 0 Å². The first kappa shape index (κ1) is 13.3. The number of nitrogens with zero attached hydrogens (tertiary/aromatic N) is 1. The second-order valence-electron chi connectivity index (χ2n) is 5.48. The quantitative estimate of drug-likeness (QED) is 0.620. The highest BCUT2D eigenvalue weighted by molar-refractivity contribution is 7.93. The minimum atomic E-state index is -3.01. The van der Waals surface area contributed by atoms with E-state index in [1.165, 1.54) is 0 Å². The first-order valence-electron chi connectivity index (χ1n) is 6.58. The number of aryl methyl sites for hydroxylation is 1. The topological polar surface area (TPSA) is 77.3 Å². The number of allylic oxidation sites excluding steroid dienone is 1. The van der Waals surface area contributed by atoms with Crippen LogP contribution >= 0.6 is 0 Å². The van der Waals surface area contributed by atoms with E-state index in [4.69, 9.17) is 0 Å². The van der Waals surface area contributed by atoms with Crippen LogP contribution in [0.15, 0.2) is 24.3 Å².